The molecule has 2 aromatic carbocycles. The predicted octanol–water partition coefficient (Wildman–Crippen LogP) is 3.52. The van der Waals surface area contributed by atoms with Crippen molar-refractivity contribution in [2.45, 2.75) is 13.1 Å². The number of imidazole rings is 1. The van der Waals surface area contributed by atoms with Gasteiger partial charge in [0.25, 0.3) is 5.91 Å². The van der Waals surface area contributed by atoms with Gasteiger partial charge in [0.1, 0.15) is 5.75 Å². The molecular formula is C19H18ClN3O2. The van der Waals surface area contributed by atoms with E-state index in [9.17, 15) is 4.79 Å². The lowest BCUT2D eigenvalue weighted by Crippen LogP contribution is -2.26. The normalized spacial score (nSPS) is 10.5. The summed E-state index contributed by atoms with van der Waals surface area (Å²) in [4.78, 5) is 16.6. The Hall–Kier alpha value is -2.79. The van der Waals surface area contributed by atoms with E-state index in [0.29, 0.717) is 23.9 Å². The number of nitrogens with zero attached hydrogens (tertiary/aromatic N) is 2. The third-order valence-electron chi connectivity index (χ3n) is 3.80. The van der Waals surface area contributed by atoms with Gasteiger partial charge in [-0.25, -0.2) is 4.98 Å². The van der Waals surface area contributed by atoms with Crippen LogP contribution in [-0.2, 0) is 13.1 Å². The lowest BCUT2D eigenvalue weighted by Gasteiger charge is -2.09. The maximum Gasteiger partial charge on any atom is 0.287 e. The first-order chi connectivity index (χ1) is 12.2. The molecule has 0 saturated heterocycles. The van der Waals surface area contributed by atoms with Crippen LogP contribution in [0, 0.1) is 0 Å². The molecule has 0 saturated carbocycles. The Kier molecular flexibility index (Phi) is 5.36. The quantitative estimate of drug-likeness (QED) is 0.736. The number of halogens is 1. The van der Waals surface area contributed by atoms with Gasteiger partial charge in [-0.3, -0.25) is 4.79 Å². The van der Waals surface area contributed by atoms with Gasteiger partial charge in [-0.15, -0.1) is 0 Å². The Morgan fingerprint density at radius 2 is 1.80 bits per heavy atom. The smallest absolute Gasteiger partial charge is 0.287 e. The van der Waals surface area contributed by atoms with Crippen molar-refractivity contribution in [3.8, 4) is 5.75 Å². The molecule has 0 aliphatic heterocycles. The fourth-order valence-electron chi connectivity index (χ4n) is 2.44. The van der Waals surface area contributed by atoms with Crippen LogP contribution in [0.15, 0.2) is 60.9 Å². The van der Waals surface area contributed by atoms with E-state index in [4.69, 9.17) is 16.3 Å². The number of carbonyl (C=O) groups excluding carboxylic acids is 1. The van der Waals surface area contributed by atoms with Gasteiger partial charge in [-0.05, 0) is 35.4 Å². The zero-order chi connectivity index (χ0) is 17.6. The molecule has 3 rings (SSSR count). The van der Waals surface area contributed by atoms with E-state index in [1.54, 1.807) is 19.5 Å². The molecular weight excluding hydrogens is 338 g/mol. The number of rotatable bonds is 6. The van der Waals surface area contributed by atoms with Crippen LogP contribution in [-0.4, -0.2) is 22.6 Å². The highest BCUT2D eigenvalue weighted by atomic mass is 35.5. The van der Waals surface area contributed by atoms with Crippen LogP contribution in [0.4, 0.5) is 0 Å². The topological polar surface area (TPSA) is 56.1 Å². The first kappa shape index (κ1) is 17.0. The molecule has 1 N–H and O–H groups in total. The van der Waals surface area contributed by atoms with Crippen molar-refractivity contribution in [3.63, 3.8) is 0 Å². The summed E-state index contributed by atoms with van der Waals surface area (Å²) in [5.74, 6) is 0.951. The maximum atomic E-state index is 12.4. The van der Waals surface area contributed by atoms with Gasteiger partial charge in [0, 0.05) is 30.5 Å². The lowest BCUT2D eigenvalue weighted by atomic mass is 10.2. The summed E-state index contributed by atoms with van der Waals surface area (Å²) >= 11 is 5.90. The van der Waals surface area contributed by atoms with Gasteiger partial charge in [0.05, 0.1) is 7.11 Å². The van der Waals surface area contributed by atoms with Gasteiger partial charge in [0.15, 0.2) is 5.82 Å². The summed E-state index contributed by atoms with van der Waals surface area (Å²) in [5, 5.41) is 3.58. The van der Waals surface area contributed by atoms with Crippen molar-refractivity contribution in [2.24, 2.45) is 0 Å². The molecule has 1 aromatic heterocycles. The number of methoxy groups -OCH3 is 1. The zero-order valence-corrected chi connectivity index (χ0v) is 14.5. The second-order valence-corrected chi connectivity index (χ2v) is 5.97. The Morgan fingerprint density at radius 1 is 1.12 bits per heavy atom. The molecule has 0 atom stereocenters. The van der Waals surface area contributed by atoms with E-state index in [2.05, 4.69) is 10.3 Å². The summed E-state index contributed by atoms with van der Waals surface area (Å²) in [6.07, 6.45) is 3.41. The molecule has 0 aliphatic rings. The van der Waals surface area contributed by atoms with Gasteiger partial charge in [0.2, 0.25) is 0 Å². The minimum absolute atomic E-state index is 0.213. The van der Waals surface area contributed by atoms with Crippen molar-refractivity contribution in [1.29, 1.82) is 0 Å². The Labute approximate surface area is 151 Å². The minimum Gasteiger partial charge on any atom is -0.497 e. The fraction of sp³-hybridized carbons (Fsp3) is 0.158. The average molecular weight is 356 g/mol. The van der Waals surface area contributed by atoms with E-state index in [1.165, 1.54) is 0 Å². The molecule has 128 valence electrons. The fourth-order valence-corrected chi connectivity index (χ4v) is 2.56. The van der Waals surface area contributed by atoms with Crippen molar-refractivity contribution in [2.75, 3.05) is 7.11 Å². The second-order valence-electron chi connectivity index (χ2n) is 5.54. The van der Waals surface area contributed by atoms with Crippen molar-refractivity contribution in [1.82, 2.24) is 14.9 Å². The highest BCUT2D eigenvalue weighted by Gasteiger charge is 2.12. The first-order valence-electron chi connectivity index (χ1n) is 7.82. The summed E-state index contributed by atoms with van der Waals surface area (Å²) in [7, 11) is 1.62. The number of amides is 1. The van der Waals surface area contributed by atoms with E-state index >= 15 is 0 Å². The van der Waals surface area contributed by atoms with Gasteiger partial charge in [-0.2, -0.15) is 0 Å². The molecule has 1 heterocycles. The minimum atomic E-state index is -0.213. The number of carbonyl (C=O) groups is 1. The molecule has 6 heteroatoms. The lowest BCUT2D eigenvalue weighted by molar-refractivity contribution is 0.0936. The van der Waals surface area contributed by atoms with E-state index in [0.717, 1.165) is 16.9 Å². The number of benzene rings is 2. The molecule has 1 amide bonds. The number of hydrogen-bond acceptors (Lipinski definition) is 3. The number of hydrogen-bond donors (Lipinski definition) is 1. The molecule has 0 fully saturated rings. The van der Waals surface area contributed by atoms with Crippen molar-refractivity contribution >= 4 is 17.5 Å². The maximum absolute atomic E-state index is 12.4. The first-order valence-corrected chi connectivity index (χ1v) is 8.20. The van der Waals surface area contributed by atoms with Gasteiger partial charge < -0.3 is 14.6 Å². The molecule has 0 bridgehead atoms. The summed E-state index contributed by atoms with van der Waals surface area (Å²) < 4.78 is 6.94. The summed E-state index contributed by atoms with van der Waals surface area (Å²) in [6, 6.07) is 15.1. The average Bonchev–Trinajstić information content (AvgIpc) is 3.10. The third-order valence-corrected chi connectivity index (χ3v) is 4.05. The number of ether oxygens (including phenoxy) is 1. The van der Waals surface area contributed by atoms with Crippen molar-refractivity contribution in [3.05, 3.63) is 82.9 Å². The van der Waals surface area contributed by atoms with Crippen molar-refractivity contribution < 1.29 is 9.53 Å². The van der Waals surface area contributed by atoms with E-state index in [-0.39, 0.29) is 5.91 Å². The highest BCUT2D eigenvalue weighted by molar-refractivity contribution is 6.30. The SMILES string of the molecule is COc1ccc(CNC(=O)c2nccn2Cc2ccc(Cl)cc2)cc1. The monoisotopic (exact) mass is 355 g/mol. The Morgan fingerprint density at radius 3 is 2.48 bits per heavy atom. The second kappa shape index (κ2) is 7.85. The van der Waals surface area contributed by atoms with Crippen LogP contribution in [0.2, 0.25) is 5.02 Å². The van der Waals surface area contributed by atoms with Gasteiger partial charge >= 0.3 is 0 Å². The van der Waals surface area contributed by atoms with Crippen LogP contribution >= 0.6 is 11.6 Å². The van der Waals surface area contributed by atoms with Gasteiger partial charge in [-0.1, -0.05) is 35.9 Å². The Balaban J connectivity index is 1.64. The predicted molar refractivity (Wildman–Crippen MR) is 96.9 cm³/mol. The molecule has 3 aromatic rings. The molecule has 0 unspecified atom stereocenters. The third kappa shape index (κ3) is 4.39. The molecule has 5 nitrogen and oxygen atoms in total. The number of nitrogens with one attached hydrogen (secondary N) is 1. The van der Waals surface area contributed by atoms with Crippen LogP contribution < -0.4 is 10.1 Å². The highest BCUT2D eigenvalue weighted by Crippen LogP contribution is 2.13. The van der Waals surface area contributed by atoms with E-state index < -0.39 is 0 Å². The van der Waals surface area contributed by atoms with Crippen LogP contribution in [0.3, 0.4) is 0 Å². The van der Waals surface area contributed by atoms with Crippen LogP contribution in [0.5, 0.6) is 5.75 Å². The van der Waals surface area contributed by atoms with E-state index in [1.807, 2.05) is 53.1 Å². The van der Waals surface area contributed by atoms with Crippen LogP contribution in [0.25, 0.3) is 0 Å². The van der Waals surface area contributed by atoms with Crippen LogP contribution in [0.1, 0.15) is 21.7 Å². The molecule has 0 aliphatic carbocycles. The summed E-state index contributed by atoms with van der Waals surface area (Å²) in [6.45, 7) is 0.985. The standard InChI is InChI=1S/C19H18ClN3O2/c1-25-17-8-4-14(5-9-17)12-22-19(24)18-21-10-11-23(18)13-15-2-6-16(20)7-3-15/h2-11H,12-13H2,1H3,(H,22,24). The number of aromatic nitrogens is 2. The Bertz CT molecular complexity index is 842. The largest absolute Gasteiger partial charge is 0.497 e. The molecule has 0 spiro atoms. The molecule has 0 radical (unpaired) electrons. The molecule has 25 heavy (non-hydrogen) atoms. The summed E-state index contributed by atoms with van der Waals surface area (Å²) in [5.41, 5.74) is 2.04. The zero-order valence-electron chi connectivity index (χ0n) is 13.8.